The van der Waals surface area contributed by atoms with Gasteiger partial charge in [0.25, 0.3) is 0 Å². The van der Waals surface area contributed by atoms with Gasteiger partial charge in [0.05, 0.1) is 7.11 Å². The van der Waals surface area contributed by atoms with Crippen molar-refractivity contribution in [3.05, 3.63) is 21.7 Å². The van der Waals surface area contributed by atoms with Gasteiger partial charge in [-0.15, -0.1) is 0 Å². The molecule has 2 rings (SSSR count). The fourth-order valence-electron chi connectivity index (χ4n) is 2.72. The van der Waals surface area contributed by atoms with Crippen molar-refractivity contribution in [1.82, 2.24) is 0 Å². The highest BCUT2D eigenvalue weighted by atomic mass is 79.9. The van der Waals surface area contributed by atoms with E-state index < -0.39 is 0 Å². The molecule has 0 bridgehead atoms. The third-order valence-corrected chi connectivity index (χ3v) is 4.72. The summed E-state index contributed by atoms with van der Waals surface area (Å²) in [6.45, 7) is 2.64. The fourth-order valence-corrected chi connectivity index (χ4v) is 3.13. The van der Waals surface area contributed by atoms with Crippen LogP contribution in [0.1, 0.15) is 30.4 Å². The second kappa shape index (κ2) is 4.50. The van der Waals surface area contributed by atoms with Crippen molar-refractivity contribution >= 4 is 15.9 Å². The minimum Gasteiger partial charge on any atom is -0.504 e. The molecule has 1 aliphatic rings. The number of nitrogens with two attached hydrogens (primary N) is 1. The van der Waals surface area contributed by atoms with Gasteiger partial charge < -0.3 is 15.6 Å². The zero-order valence-electron chi connectivity index (χ0n) is 10.2. The number of hydrogen-bond donors (Lipinski definition) is 2. The smallest absolute Gasteiger partial charge is 0.164 e. The summed E-state index contributed by atoms with van der Waals surface area (Å²) in [4.78, 5) is 0. The first-order valence-corrected chi connectivity index (χ1v) is 6.61. The lowest BCUT2D eigenvalue weighted by atomic mass is 9.63. The molecule has 1 aromatic carbocycles. The Morgan fingerprint density at radius 3 is 2.59 bits per heavy atom. The Kier molecular flexibility index (Phi) is 3.36. The molecule has 0 amide bonds. The van der Waals surface area contributed by atoms with Gasteiger partial charge in [-0.3, -0.25) is 0 Å². The van der Waals surface area contributed by atoms with Crippen LogP contribution in [0.15, 0.2) is 10.5 Å². The number of rotatable bonds is 3. The number of phenolic OH excluding ortho intramolecular Hbond substituents is 1. The molecule has 1 fully saturated rings. The lowest BCUT2D eigenvalue weighted by Gasteiger charge is -2.43. The first kappa shape index (κ1) is 12.7. The van der Waals surface area contributed by atoms with Crippen molar-refractivity contribution in [2.45, 2.75) is 31.6 Å². The first-order valence-electron chi connectivity index (χ1n) is 5.82. The van der Waals surface area contributed by atoms with Gasteiger partial charge in [0.2, 0.25) is 0 Å². The third-order valence-electron chi connectivity index (χ3n) is 3.89. The normalized spacial score (nSPS) is 17.6. The van der Waals surface area contributed by atoms with Gasteiger partial charge in [0.1, 0.15) is 0 Å². The Morgan fingerprint density at radius 2 is 2.18 bits per heavy atom. The zero-order chi connectivity index (χ0) is 12.6. The monoisotopic (exact) mass is 299 g/mol. The number of ether oxygens (including phenoxy) is 1. The van der Waals surface area contributed by atoms with Gasteiger partial charge in [-0.2, -0.15) is 0 Å². The summed E-state index contributed by atoms with van der Waals surface area (Å²) in [5.41, 5.74) is 8.11. The minimum atomic E-state index is -0.0172. The summed E-state index contributed by atoms with van der Waals surface area (Å²) in [5, 5.41) is 9.98. The molecule has 0 aromatic heterocycles. The summed E-state index contributed by atoms with van der Waals surface area (Å²) < 4.78 is 6.28. The molecule has 0 radical (unpaired) electrons. The SMILES string of the molecule is COc1c(O)cc(Br)c(C)c1C1(CN)CCC1. The molecule has 0 saturated heterocycles. The van der Waals surface area contributed by atoms with Crippen LogP contribution in [-0.4, -0.2) is 18.8 Å². The molecule has 0 unspecified atom stereocenters. The molecule has 0 heterocycles. The van der Waals surface area contributed by atoms with Gasteiger partial charge in [-0.1, -0.05) is 22.4 Å². The number of halogens is 1. The molecule has 3 nitrogen and oxygen atoms in total. The number of hydrogen-bond acceptors (Lipinski definition) is 3. The van der Waals surface area contributed by atoms with E-state index in [4.69, 9.17) is 10.5 Å². The summed E-state index contributed by atoms with van der Waals surface area (Å²) in [6, 6.07) is 1.68. The standard InChI is InChI=1S/C13H18BrNO2/c1-8-9(14)6-10(16)12(17-2)11(8)13(7-15)4-3-5-13/h6,16H,3-5,7,15H2,1-2H3. The van der Waals surface area contributed by atoms with E-state index in [1.165, 1.54) is 6.42 Å². The Hall–Kier alpha value is -0.740. The molecule has 3 N–H and O–H groups in total. The number of aromatic hydroxyl groups is 1. The van der Waals surface area contributed by atoms with Crippen LogP contribution in [0.5, 0.6) is 11.5 Å². The summed E-state index contributed by atoms with van der Waals surface area (Å²) in [6.07, 6.45) is 3.32. The van der Waals surface area contributed by atoms with E-state index in [2.05, 4.69) is 15.9 Å². The van der Waals surface area contributed by atoms with Crippen molar-refractivity contribution in [2.24, 2.45) is 5.73 Å². The van der Waals surface area contributed by atoms with Gasteiger partial charge in [0.15, 0.2) is 11.5 Å². The van der Waals surface area contributed by atoms with Crippen molar-refractivity contribution in [2.75, 3.05) is 13.7 Å². The molecule has 1 aliphatic carbocycles. The molecule has 1 saturated carbocycles. The van der Waals surface area contributed by atoms with Crippen LogP contribution in [0.4, 0.5) is 0 Å². The van der Waals surface area contributed by atoms with Crippen LogP contribution in [0, 0.1) is 6.92 Å². The second-order valence-corrected chi connectivity index (χ2v) is 5.60. The lowest BCUT2D eigenvalue weighted by Crippen LogP contribution is -2.42. The Balaban J connectivity index is 2.65. The molecule has 94 valence electrons. The molecule has 0 aliphatic heterocycles. The summed E-state index contributed by atoms with van der Waals surface area (Å²) in [5.74, 6) is 0.760. The Labute approximate surface area is 110 Å². The Bertz CT molecular complexity index is 436. The van der Waals surface area contributed by atoms with E-state index in [1.54, 1.807) is 13.2 Å². The zero-order valence-corrected chi connectivity index (χ0v) is 11.8. The minimum absolute atomic E-state index is 0.0172. The summed E-state index contributed by atoms with van der Waals surface area (Å²) >= 11 is 3.48. The van der Waals surface area contributed by atoms with Gasteiger partial charge in [0, 0.05) is 22.0 Å². The maximum Gasteiger partial charge on any atom is 0.164 e. The van der Waals surface area contributed by atoms with E-state index in [0.717, 1.165) is 28.4 Å². The highest BCUT2D eigenvalue weighted by molar-refractivity contribution is 9.10. The van der Waals surface area contributed by atoms with Crippen molar-refractivity contribution < 1.29 is 9.84 Å². The van der Waals surface area contributed by atoms with Crippen molar-refractivity contribution in [3.8, 4) is 11.5 Å². The van der Waals surface area contributed by atoms with Gasteiger partial charge in [-0.25, -0.2) is 0 Å². The van der Waals surface area contributed by atoms with Crippen LogP contribution in [-0.2, 0) is 5.41 Å². The van der Waals surface area contributed by atoms with Crippen LogP contribution in [0.2, 0.25) is 0 Å². The maximum absolute atomic E-state index is 9.98. The molecular weight excluding hydrogens is 282 g/mol. The van der Waals surface area contributed by atoms with Crippen LogP contribution < -0.4 is 10.5 Å². The highest BCUT2D eigenvalue weighted by Crippen LogP contribution is 2.51. The average Bonchev–Trinajstić information content (AvgIpc) is 2.24. The van der Waals surface area contributed by atoms with Gasteiger partial charge >= 0.3 is 0 Å². The highest BCUT2D eigenvalue weighted by Gasteiger charge is 2.41. The quantitative estimate of drug-likeness (QED) is 0.902. The first-order chi connectivity index (χ1) is 8.05. The predicted octanol–water partition coefficient (Wildman–Crippen LogP) is 2.85. The second-order valence-electron chi connectivity index (χ2n) is 4.75. The number of methoxy groups -OCH3 is 1. The summed E-state index contributed by atoms with van der Waals surface area (Å²) in [7, 11) is 1.59. The number of phenols is 1. The van der Waals surface area contributed by atoms with E-state index >= 15 is 0 Å². The van der Waals surface area contributed by atoms with Crippen molar-refractivity contribution in [1.29, 1.82) is 0 Å². The lowest BCUT2D eigenvalue weighted by molar-refractivity contribution is 0.239. The average molecular weight is 300 g/mol. The fraction of sp³-hybridized carbons (Fsp3) is 0.538. The maximum atomic E-state index is 9.98. The predicted molar refractivity (Wildman–Crippen MR) is 71.7 cm³/mol. The van der Waals surface area contributed by atoms with E-state index in [1.807, 2.05) is 6.92 Å². The van der Waals surface area contributed by atoms with E-state index in [0.29, 0.717) is 12.3 Å². The van der Waals surface area contributed by atoms with E-state index in [9.17, 15) is 5.11 Å². The molecule has 4 heteroatoms. The van der Waals surface area contributed by atoms with Crippen LogP contribution in [0.3, 0.4) is 0 Å². The van der Waals surface area contributed by atoms with Crippen LogP contribution >= 0.6 is 15.9 Å². The Morgan fingerprint density at radius 1 is 1.53 bits per heavy atom. The molecule has 17 heavy (non-hydrogen) atoms. The van der Waals surface area contributed by atoms with Crippen LogP contribution in [0.25, 0.3) is 0 Å². The number of benzene rings is 1. The van der Waals surface area contributed by atoms with Gasteiger partial charge in [-0.05, 0) is 31.4 Å². The van der Waals surface area contributed by atoms with Crippen molar-refractivity contribution in [3.63, 3.8) is 0 Å². The molecule has 0 spiro atoms. The molecule has 0 atom stereocenters. The largest absolute Gasteiger partial charge is 0.504 e. The molecular formula is C13H18BrNO2. The van der Waals surface area contributed by atoms with E-state index in [-0.39, 0.29) is 11.2 Å². The third kappa shape index (κ3) is 1.83. The molecule has 1 aromatic rings. The topological polar surface area (TPSA) is 55.5 Å².